The molecule has 1 heterocycles. The van der Waals surface area contributed by atoms with Gasteiger partial charge in [-0.05, 0) is 25.7 Å². The van der Waals surface area contributed by atoms with Gasteiger partial charge in [0.15, 0.2) is 6.29 Å². The zero-order valence-corrected chi connectivity index (χ0v) is 22.5. The highest BCUT2D eigenvalue weighted by molar-refractivity contribution is 5.96. The highest BCUT2D eigenvalue weighted by atomic mass is 16.7. The molecular weight excluding hydrogens is 444 g/mol. The van der Waals surface area contributed by atoms with Gasteiger partial charge in [0, 0.05) is 13.2 Å². The van der Waals surface area contributed by atoms with E-state index in [1.54, 1.807) is 0 Å². The molecule has 0 aliphatic carbocycles. The van der Waals surface area contributed by atoms with Gasteiger partial charge >= 0.3 is 0 Å². The third-order valence-corrected chi connectivity index (χ3v) is 6.53. The number of carbonyl (C=O) groups excluding carboxylic acids is 2. The number of carbonyl (C=O) groups is 2. The quantitative estimate of drug-likeness (QED) is 0.130. The number of hydrogen-bond acceptors (Lipinski definition) is 5. The lowest BCUT2D eigenvalue weighted by molar-refractivity contribution is -0.168. The summed E-state index contributed by atoms with van der Waals surface area (Å²) in [5.74, 6) is -1.04. The molecule has 3 N–H and O–H groups in total. The number of nitrogens with two attached hydrogens (primary N) is 1. The van der Waals surface area contributed by atoms with Crippen LogP contribution in [0.5, 0.6) is 0 Å². The lowest BCUT2D eigenvalue weighted by atomic mass is 10.0. The van der Waals surface area contributed by atoms with Crippen molar-refractivity contribution in [3.8, 4) is 0 Å². The van der Waals surface area contributed by atoms with Crippen LogP contribution in [0.15, 0.2) is 0 Å². The average Bonchev–Trinajstić information content (AvgIpc) is 2.84. The number of unbranched alkanes of at least 4 members (excludes halogenated alkanes) is 14. The van der Waals surface area contributed by atoms with Crippen LogP contribution >= 0.6 is 0 Å². The summed E-state index contributed by atoms with van der Waals surface area (Å²) in [6.45, 7) is 4.30. The van der Waals surface area contributed by atoms with Crippen molar-refractivity contribution >= 4 is 11.8 Å². The number of ether oxygens (including phenoxy) is 3. The smallest absolute Gasteiger partial charge is 0.229 e. The molecule has 0 aromatic heterocycles. The topological polar surface area (TPSA) is 99.9 Å². The molecular formula is C28H54N2O5. The highest BCUT2D eigenvalue weighted by Gasteiger charge is 2.19. The van der Waals surface area contributed by atoms with Crippen LogP contribution < -0.4 is 11.1 Å². The Balaban J connectivity index is 1.99. The normalized spacial score (nSPS) is 16.8. The van der Waals surface area contributed by atoms with Crippen LogP contribution in [0.2, 0.25) is 0 Å². The lowest BCUT2D eigenvalue weighted by Crippen LogP contribution is -2.44. The molecule has 206 valence electrons. The predicted molar refractivity (Wildman–Crippen MR) is 141 cm³/mol. The van der Waals surface area contributed by atoms with E-state index >= 15 is 0 Å². The van der Waals surface area contributed by atoms with Crippen LogP contribution in [-0.2, 0) is 23.8 Å². The standard InChI is InChI=1S/C28H54N2O5/c1-2-3-4-5-6-7-8-9-10-11-12-13-14-15-17-20-33-23-25(30-27(32)22-26(29)31)24-35-28-19-16-18-21-34-28/h25,28H,2-24H2,1H3,(H2,29,31)(H,30,32). The summed E-state index contributed by atoms with van der Waals surface area (Å²) in [7, 11) is 0. The van der Waals surface area contributed by atoms with Crippen molar-refractivity contribution < 1.29 is 23.8 Å². The van der Waals surface area contributed by atoms with Gasteiger partial charge in [0.05, 0.1) is 19.3 Å². The Morgan fingerprint density at radius 1 is 0.857 bits per heavy atom. The summed E-state index contributed by atoms with van der Waals surface area (Å²) in [6.07, 6.45) is 22.5. The molecule has 2 amide bonds. The molecule has 0 spiro atoms. The third kappa shape index (κ3) is 20.7. The molecule has 1 aliphatic heterocycles. The van der Waals surface area contributed by atoms with E-state index in [9.17, 15) is 9.59 Å². The van der Waals surface area contributed by atoms with Crippen LogP contribution in [0.3, 0.4) is 0 Å². The van der Waals surface area contributed by atoms with Gasteiger partial charge in [0.1, 0.15) is 6.42 Å². The lowest BCUT2D eigenvalue weighted by Gasteiger charge is -2.26. The van der Waals surface area contributed by atoms with E-state index in [-0.39, 0.29) is 18.8 Å². The largest absolute Gasteiger partial charge is 0.379 e. The molecule has 0 bridgehead atoms. The van der Waals surface area contributed by atoms with Crippen LogP contribution in [0.1, 0.15) is 129 Å². The molecule has 0 aromatic rings. The van der Waals surface area contributed by atoms with E-state index in [1.807, 2.05) is 0 Å². The molecule has 0 saturated carbocycles. The fraction of sp³-hybridized carbons (Fsp3) is 0.929. The number of rotatable bonds is 24. The fourth-order valence-electron chi connectivity index (χ4n) is 4.44. The molecule has 1 rings (SSSR count). The molecule has 2 unspecified atom stereocenters. The first-order valence-corrected chi connectivity index (χ1v) is 14.5. The van der Waals surface area contributed by atoms with Crippen molar-refractivity contribution in [1.29, 1.82) is 0 Å². The third-order valence-electron chi connectivity index (χ3n) is 6.53. The molecule has 35 heavy (non-hydrogen) atoms. The van der Waals surface area contributed by atoms with Crippen molar-refractivity contribution in [3.05, 3.63) is 0 Å². The second kappa shape index (κ2) is 23.2. The number of nitrogens with one attached hydrogen (secondary N) is 1. The van der Waals surface area contributed by atoms with Crippen molar-refractivity contribution in [3.63, 3.8) is 0 Å². The van der Waals surface area contributed by atoms with Gasteiger partial charge in [0.25, 0.3) is 0 Å². The molecule has 1 aliphatic rings. The maximum Gasteiger partial charge on any atom is 0.229 e. The van der Waals surface area contributed by atoms with Gasteiger partial charge in [-0.25, -0.2) is 0 Å². The minimum absolute atomic E-state index is 0.227. The molecule has 7 nitrogen and oxygen atoms in total. The van der Waals surface area contributed by atoms with Crippen molar-refractivity contribution in [2.24, 2.45) is 5.73 Å². The zero-order valence-electron chi connectivity index (χ0n) is 22.5. The molecule has 1 fully saturated rings. The van der Waals surface area contributed by atoms with Crippen molar-refractivity contribution in [2.45, 2.75) is 141 Å². The Morgan fingerprint density at radius 2 is 1.43 bits per heavy atom. The molecule has 1 saturated heterocycles. The zero-order chi connectivity index (χ0) is 25.4. The average molecular weight is 499 g/mol. The van der Waals surface area contributed by atoms with E-state index in [0.717, 1.165) is 25.7 Å². The summed E-state index contributed by atoms with van der Waals surface area (Å²) in [5.41, 5.74) is 5.12. The van der Waals surface area contributed by atoms with Gasteiger partial charge in [-0.1, -0.05) is 96.8 Å². The SMILES string of the molecule is CCCCCCCCCCCCCCCCCOCC(COC1CCCCO1)NC(=O)CC(N)=O. The van der Waals surface area contributed by atoms with E-state index in [2.05, 4.69) is 12.2 Å². The maximum atomic E-state index is 11.9. The predicted octanol–water partition coefficient (Wildman–Crippen LogP) is 5.78. The molecule has 0 radical (unpaired) electrons. The van der Waals surface area contributed by atoms with E-state index in [4.69, 9.17) is 19.9 Å². The van der Waals surface area contributed by atoms with E-state index < -0.39 is 11.8 Å². The Kier molecular flexibility index (Phi) is 21.1. The number of hydrogen-bond donors (Lipinski definition) is 2. The van der Waals surface area contributed by atoms with Crippen LogP contribution in [0.4, 0.5) is 0 Å². The monoisotopic (exact) mass is 498 g/mol. The molecule has 0 aromatic carbocycles. The van der Waals surface area contributed by atoms with Crippen LogP contribution in [0.25, 0.3) is 0 Å². The molecule has 7 heteroatoms. The maximum absolute atomic E-state index is 11.9. The van der Waals surface area contributed by atoms with Gasteiger partial charge < -0.3 is 25.3 Å². The second-order valence-corrected chi connectivity index (χ2v) is 10.1. The number of primary amides is 1. The minimum atomic E-state index is -0.642. The first-order chi connectivity index (χ1) is 17.1. The van der Waals surface area contributed by atoms with Crippen molar-refractivity contribution in [1.82, 2.24) is 5.32 Å². The fourth-order valence-corrected chi connectivity index (χ4v) is 4.44. The molecule has 2 atom stereocenters. The summed E-state index contributed by atoms with van der Waals surface area (Å²) >= 11 is 0. The van der Waals surface area contributed by atoms with Crippen LogP contribution in [0, 0.1) is 0 Å². The van der Waals surface area contributed by atoms with E-state index in [0.29, 0.717) is 26.4 Å². The second-order valence-electron chi connectivity index (χ2n) is 10.1. The van der Waals surface area contributed by atoms with Gasteiger partial charge in [0.2, 0.25) is 11.8 Å². The summed E-state index contributed by atoms with van der Waals surface area (Å²) in [4.78, 5) is 22.9. The summed E-state index contributed by atoms with van der Waals surface area (Å²) in [5, 5.41) is 2.80. The Bertz CT molecular complexity index is 512. The van der Waals surface area contributed by atoms with Gasteiger partial charge in [-0.2, -0.15) is 0 Å². The summed E-state index contributed by atoms with van der Waals surface area (Å²) in [6, 6.07) is -0.316. The Labute approximate surface area is 214 Å². The first kappa shape index (κ1) is 31.8. The van der Waals surface area contributed by atoms with E-state index in [1.165, 1.54) is 89.9 Å². The minimum Gasteiger partial charge on any atom is -0.379 e. The highest BCUT2D eigenvalue weighted by Crippen LogP contribution is 2.15. The van der Waals surface area contributed by atoms with Crippen molar-refractivity contribution in [2.75, 3.05) is 26.4 Å². The van der Waals surface area contributed by atoms with Gasteiger partial charge in [-0.15, -0.1) is 0 Å². The van der Waals surface area contributed by atoms with Crippen LogP contribution in [-0.4, -0.2) is 50.6 Å². The first-order valence-electron chi connectivity index (χ1n) is 14.5. The number of amides is 2. The summed E-state index contributed by atoms with van der Waals surface area (Å²) < 4.78 is 17.2. The Hall–Kier alpha value is -1.18. The Morgan fingerprint density at radius 3 is 1.94 bits per heavy atom. The van der Waals surface area contributed by atoms with Gasteiger partial charge in [-0.3, -0.25) is 9.59 Å².